The van der Waals surface area contributed by atoms with Gasteiger partial charge in [0.15, 0.2) is 0 Å². The van der Waals surface area contributed by atoms with Crippen LogP contribution >= 0.6 is 0 Å². The number of carbonyl (C=O) groups is 1. The lowest BCUT2D eigenvalue weighted by Crippen LogP contribution is -2.50. The third-order valence-electron chi connectivity index (χ3n) is 7.84. The van der Waals surface area contributed by atoms with Gasteiger partial charge in [0.25, 0.3) is 0 Å². The zero-order valence-corrected chi connectivity index (χ0v) is 19.1. The number of carbonyl (C=O) groups excluding carboxylic acids is 1. The number of nitrogens with two attached hydrogens (primary N) is 1. The summed E-state index contributed by atoms with van der Waals surface area (Å²) in [5.41, 5.74) is 7.57. The molecule has 0 aliphatic heterocycles. The molecule has 31 heavy (non-hydrogen) atoms. The summed E-state index contributed by atoms with van der Waals surface area (Å²) in [5.74, 6) is 0.415. The lowest BCUT2D eigenvalue weighted by Gasteiger charge is -2.47. The van der Waals surface area contributed by atoms with E-state index in [0.717, 1.165) is 24.0 Å². The average Bonchev–Trinajstić information content (AvgIpc) is 2.87. The number of benzene rings is 2. The molecular weight excluding hydrogens is 408 g/mol. The average molecular weight is 441 g/mol. The molecule has 0 amide bonds. The number of Topliss-reactive ketones (excluding diaryl/α,β-unsaturated/α-hetero) is 1. The van der Waals surface area contributed by atoms with Crippen molar-refractivity contribution in [2.45, 2.75) is 51.6 Å². The van der Waals surface area contributed by atoms with Crippen molar-refractivity contribution in [1.29, 1.82) is 0 Å². The van der Waals surface area contributed by atoms with Crippen molar-refractivity contribution in [2.24, 2.45) is 22.5 Å². The minimum absolute atomic E-state index is 0.0416. The first kappa shape index (κ1) is 22.2. The van der Waals surface area contributed by atoms with E-state index >= 15 is 0 Å². The molecule has 2 fully saturated rings. The van der Waals surface area contributed by atoms with E-state index in [1.807, 2.05) is 60.7 Å². The first-order chi connectivity index (χ1) is 14.6. The highest BCUT2D eigenvalue weighted by Gasteiger charge is 2.59. The Balaban J connectivity index is 1.64. The maximum Gasteiger partial charge on any atom is 0.212 e. The second-order valence-electron chi connectivity index (χ2n) is 9.86. The van der Waals surface area contributed by atoms with Crippen LogP contribution in [0.1, 0.15) is 62.7 Å². The molecule has 2 aliphatic carbocycles. The minimum atomic E-state index is -3.70. The zero-order chi connectivity index (χ0) is 22.3. The van der Waals surface area contributed by atoms with Gasteiger partial charge in [0.1, 0.15) is 5.78 Å². The van der Waals surface area contributed by atoms with Crippen LogP contribution in [0.25, 0.3) is 0 Å². The molecule has 4 rings (SSSR count). The van der Waals surface area contributed by atoms with E-state index in [-0.39, 0.29) is 22.9 Å². The molecular formula is C25H32N2O3S. The number of fused-ring (bicyclic) bond motifs is 2. The highest BCUT2D eigenvalue weighted by molar-refractivity contribution is 7.89. The van der Waals surface area contributed by atoms with Gasteiger partial charge < -0.3 is 5.73 Å². The lowest BCUT2D eigenvalue weighted by atomic mass is 9.59. The van der Waals surface area contributed by atoms with Gasteiger partial charge >= 0.3 is 0 Å². The number of nitrogens with one attached hydrogen (secondary N) is 1. The number of hydrogen-bond acceptors (Lipinski definition) is 4. The summed E-state index contributed by atoms with van der Waals surface area (Å²) in [5, 5.41) is 0. The van der Waals surface area contributed by atoms with Crippen molar-refractivity contribution < 1.29 is 13.2 Å². The fraction of sp³-hybridized carbons (Fsp3) is 0.480. The third kappa shape index (κ3) is 4.21. The Bertz CT molecular complexity index is 1040. The summed E-state index contributed by atoms with van der Waals surface area (Å²) in [6.07, 6.45) is 2.61. The van der Waals surface area contributed by atoms with E-state index in [9.17, 15) is 13.2 Å². The molecule has 0 heterocycles. The van der Waals surface area contributed by atoms with E-state index in [1.165, 1.54) is 0 Å². The van der Waals surface area contributed by atoms with Crippen molar-refractivity contribution >= 4 is 15.8 Å². The van der Waals surface area contributed by atoms with Gasteiger partial charge in [0.05, 0.1) is 17.8 Å². The van der Waals surface area contributed by atoms with Crippen LogP contribution in [-0.2, 0) is 14.8 Å². The minimum Gasteiger partial charge on any atom is -0.322 e. The molecule has 2 unspecified atom stereocenters. The van der Waals surface area contributed by atoms with Crippen LogP contribution in [0.4, 0.5) is 0 Å². The molecule has 3 N–H and O–H groups in total. The Morgan fingerprint density at radius 2 is 1.61 bits per heavy atom. The van der Waals surface area contributed by atoms with Crippen molar-refractivity contribution in [3.05, 3.63) is 71.8 Å². The standard InChI is InChI=1S/C25H32N2O3S/c1-24(2)20-13-14-25(24,16-21(28)15-20)17-31(29,30)27-23(19-11-7-4-8-12-19)22(26)18-9-5-3-6-10-18/h3-12,20,22-23,27H,13-17,26H2,1-2H3/t20?,22-,23-,25?/m0/s1. The van der Waals surface area contributed by atoms with Crippen molar-refractivity contribution in [3.8, 4) is 0 Å². The monoisotopic (exact) mass is 440 g/mol. The van der Waals surface area contributed by atoms with Gasteiger partial charge in [0.2, 0.25) is 10.0 Å². The Morgan fingerprint density at radius 1 is 1.03 bits per heavy atom. The summed E-state index contributed by atoms with van der Waals surface area (Å²) in [6.45, 7) is 4.27. The van der Waals surface area contributed by atoms with Crippen molar-refractivity contribution in [3.63, 3.8) is 0 Å². The Morgan fingerprint density at radius 3 is 2.23 bits per heavy atom. The second kappa shape index (κ2) is 8.15. The predicted molar refractivity (Wildman–Crippen MR) is 123 cm³/mol. The topological polar surface area (TPSA) is 89.3 Å². The van der Waals surface area contributed by atoms with Crippen molar-refractivity contribution in [2.75, 3.05) is 5.75 Å². The SMILES string of the molecule is CC1(C)C2CCC1(CS(=O)(=O)N[C@@H](c1ccccc1)[C@@H](N)c1ccccc1)CC(=O)C2. The number of rotatable bonds is 7. The van der Waals surface area contributed by atoms with Gasteiger partial charge in [-0.1, -0.05) is 74.5 Å². The molecule has 2 aromatic carbocycles. The Labute approximate surface area is 185 Å². The molecule has 2 aromatic rings. The van der Waals surface area contributed by atoms with E-state index < -0.39 is 27.5 Å². The van der Waals surface area contributed by atoms with E-state index in [2.05, 4.69) is 18.6 Å². The maximum absolute atomic E-state index is 13.5. The second-order valence-corrected chi connectivity index (χ2v) is 11.6. The van der Waals surface area contributed by atoms with Crippen LogP contribution in [0.5, 0.6) is 0 Å². The Kier molecular flexibility index (Phi) is 5.83. The largest absolute Gasteiger partial charge is 0.322 e. The molecule has 4 atom stereocenters. The molecule has 2 bridgehead atoms. The quantitative estimate of drug-likeness (QED) is 0.677. The van der Waals surface area contributed by atoms with Crippen LogP contribution in [0, 0.1) is 16.7 Å². The molecule has 0 aromatic heterocycles. The number of sulfonamides is 1. The summed E-state index contributed by atoms with van der Waals surface area (Å²) >= 11 is 0. The fourth-order valence-corrected chi connectivity index (χ4v) is 7.85. The summed E-state index contributed by atoms with van der Waals surface area (Å²) in [6, 6.07) is 17.9. The Hall–Kier alpha value is -2.02. The van der Waals surface area contributed by atoms with Crippen LogP contribution in [0.2, 0.25) is 0 Å². The van der Waals surface area contributed by atoms with Gasteiger partial charge in [-0.25, -0.2) is 13.1 Å². The van der Waals surface area contributed by atoms with Crippen LogP contribution in [0.15, 0.2) is 60.7 Å². The summed E-state index contributed by atoms with van der Waals surface area (Å²) in [4.78, 5) is 12.4. The van der Waals surface area contributed by atoms with Crippen molar-refractivity contribution in [1.82, 2.24) is 4.72 Å². The molecule has 0 radical (unpaired) electrons. The van der Waals surface area contributed by atoms with E-state index in [0.29, 0.717) is 12.8 Å². The van der Waals surface area contributed by atoms with Crippen LogP contribution < -0.4 is 10.5 Å². The zero-order valence-electron chi connectivity index (χ0n) is 18.3. The fourth-order valence-electron chi connectivity index (χ4n) is 5.75. The van der Waals surface area contributed by atoms with E-state index in [1.54, 1.807) is 0 Å². The predicted octanol–water partition coefficient (Wildman–Crippen LogP) is 4.13. The number of ketones is 1. The number of hydrogen-bond donors (Lipinski definition) is 2. The molecule has 2 saturated carbocycles. The lowest BCUT2D eigenvalue weighted by molar-refractivity contribution is -0.128. The van der Waals surface area contributed by atoms with Gasteiger partial charge in [0, 0.05) is 12.8 Å². The highest BCUT2D eigenvalue weighted by atomic mass is 32.2. The molecule has 2 aliphatic rings. The van der Waals surface area contributed by atoms with Crippen LogP contribution in [0.3, 0.4) is 0 Å². The first-order valence-corrected chi connectivity index (χ1v) is 12.7. The van der Waals surface area contributed by atoms with Gasteiger partial charge in [-0.3, -0.25) is 4.79 Å². The van der Waals surface area contributed by atoms with Gasteiger partial charge in [-0.05, 0) is 40.7 Å². The third-order valence-corrected chi connectivity index (χ3v) is 9.39. The summed E-state index contributed by atoms with van der Waals surface area (Å²) < 4.78 is 30.0. The molecule has 166 valence electrons. The maximum atomic E-state index is 13.5. The molecule has 0 saturated heterocycles. The molecule has 0 spiro atoms. The smallest absolute Gasteiger partial charge is 0.212 e. The first-order valence-electron chi connectivity index (χ1n) is 11.0. The summed E-state index contributed by atoms with van der Waals surface area (Å²) in [7, 11) is -3.70. The van der Waals surface area contributed by atoms with Crippen LogP contribution in [-0.4, -0.2) is 20.0 Å². The van der Waals surface area contributed by atoms with E-state index in [4.69, 9.17) is 5.73 Å². The van der Waals surface area contributed by atoms with Gasteiger partial charge in [-0.2, -0.15) is 0 Å². The highest BCUT2D eigenvalue weighted by Crippen LogP contribution is 2.62. The van der Waals surface area contributed by atoms with Gasteiger partial charge in [-0.15, -0.1) is 0 Å². The molecule has 5 nitrogen and oxygen atoms in total. The normalized spacial score (nSPS) is 27.1. The molecule has 6 heteroatoms.